The molecule has 3 rings (SSSR count). The summed E-state index contributed by atoms with van der Waals surface area (Å²) in [4.78, 5) is 16.6. The molecule has 0 bridgehead atoms. The lowest BCUT2D eigenvalue weighted by molar-refractivity contribution is 0.176. The molecular weight excluding hydrogens is 420 g/mol. The van der Waals surface area contributed by atoms with E-state index in [1.165, 1.54) is 30.2 Å². The summed E-state index contributed by atoms with van der Waals surface area (Å²) in [6.07, 6.45) is 3.53. The standard InChI is InChI=1S/C19H26BrClN2OS/c1-13(2)23-12-17(25-19(23)24)11-22-7-5-14(6-8-22)9-15-10-16(21)3-4-18(15)20/h3-4,10,13-14,17H,5-9,11-12H2,1-2H3. The molecule has 1 aromatic carbocycles. The first-order valence-electron chi connectivity index (χ1n) is 9.06. The molecule has 1 unspecified atom stereocenters. The summed E-state index contributed by atoms with van der Waals surface area (Å²) in [5, 5.41) is 1.49. The van der Waals surface area contributed by atoms with E-state index in [1.807, 2.05) is 17.0 Å². The Labute approximate surface area is 168 Å². The minimum absolute atomic E-state index is 0.251. The minimum Gasteiger partial charge on any atom is -0.330 e. The molecule has 0 aliphatic carbocycles. The summed E-state index contributed by atoms with van der Waals surface area (Å²) in [6, 6.07) is 6.37. The van der Waals surface area contributed by atoms with Crippen molar-refractivity contribution < 1.29 is 4.79 Å². The second-order valence-electron chi connectivity index (χ2n) is 7.44. The summed E-state index contributed by atoms with van der Waals surface area (Å²) >= 11 is 11.3. The van der Waals surface area contributed by atoms with Crippen LogP contribution in [0, 0.1) is 5.92 Å². The maximum absolute atomic E-state index is 12.0. The number of hydrogen-bond donors (Lipinski definition) is 0. The van der Waals surface area contributed by atoms with Gasteiger partial charge in [0.05, 0.1) is 0 Å². The fraction of sp³-hybridized carbons (Fsp3) is 0.632. The van der Waals surface area contributed by atoms with Gasteiger partial charge in [0.15, 0.2) is 0 Å². The van der Waals surface area contributed by atoms with E-state index in [9.17, 15) is 4.79 Å². The number of piperidine rings is 1. The first-order valence-corrected chi connectivity index (χ1v) is 11.1. The highest BCUT2D eigenvalue weighted by atomic mass is 79.9. The van der Waals surface area contributed by atoms with Crippen LogP contribution in [0.15, 0.2) is 22.7 Å². The molecule has 1 atom stereocenters. The van der Waals surface area contributed by atoms with E-state index < -0.39 is 0 Å². The van der Waals surface area contributed by atoms with E-state index in [0.29, 0.717) is 11.3 Å². The summed E-state index contributed by atoms with van der Waals surface area (Å²) in [5.74, 6) is 0.719. The van der Waals surface area contributed by atoms with Gasteiger partial charge in [-0.2, -0.15) is 0 Å². The number of halogens is 2. The molecule has 2 fully saturated rings. The van der Waals surface area contributed by atoms with E-state index in [-0.39, 0.29) is 5.24 Å². The van der Waals surface area contributed by atoms with Crippen LogP contribution in [-0.4, -0.2) is 52.5 Å². The highest BCUT2D eigenvalue weighted by Crippen LogP contribution is 2.31. The van der Waals surface area contributed by atoms with Crippen molar-refractivity contribution in [3.8, 4) is 0 Å². The molecule has 138 valence electrons. The Hall–Kier alpha value is -0.230. The molecule has 2 aliphatic heterocycles. The maximum atomic E-state index is 12.0. The Morgan fingerprint density at radius 3 is 2.68 bits per heavy atom. The zero-order valence-corrected chi connectivity index (χ0v) is 18.0. The first-order chi connectivity index (χ1) is 11.9. The van der Waals surface area contributed by atoms with Crippen LogP contribution in [0.5, 0.6) is 0 Å². The predicted octanol–water partition coefficient (Wildman–Crippen LogP) is 5.30. The van der Waals surface area contributed by atoms with Gasteiger partial charge in [0, 0.05) is 33.9 Å². The maximum Gasteiger partial charge on any atom is 0.282 e. The third kappa shape index (κ3) is 5.15. The second kappa shape index (κ2) is 8.64. The van der Waals surface area contributed by atoms with E-state index in [1.54, 1.807) is 0 Å². The smallest absolute Gasteiger partial charge is 0.282 e. The van der Waals surface area contributed by atoms with Crippen LogP contribution in [0.25, 0.3) is 0 Å². The third-order valence-corrected chi connectivity index (χ3v) is 7.29. The van der Waals surface area contributed by atoms with Gasteiger partial charge in [0.1, 0.15) is 0 Å². The molecule has 2 heterocycles. The van der Waals surface area contributed by atoms with Gasteiger partial charge < -0.3 is 9.80 Å². The van der Waals surface area contributed by atoms with Crippen molar-refractivity contribution in [3.63, 3.8) is 0 Å². The Balaban J connectivity index is 1.46. The van der Waals surface area contributed by atoms with Crippen LogP contribution in [0.2, 0.25) is 5.02 Å². The summed E-state index contributed by atoms with van der Waals surface area (Å²) < 4.78 is 1.16. The van der Waals surface area contributed by atoms with E-state index in [2.05, 4.69) is 40.7 Å². The topological polar surface area (TPSA) is 23.6 Å². The van der Waals surface area contributed by atoms with Crippen molar-refractivity contribution in [1.29, 1.82) is 0 Å². The van der Waals surface area contributed by atoms with Crippen LogP contribution in [0.4, 0.5) is 4.79 Å². The Morgan fingerprint density at radius 1 is 1.32 bits per heavy atom. The van der Waals surface area contributed by atoms with Crippen LogP contribution < -0.4 is 0 Å². The molecule has 3 nitrogen and oxygen atoms in total. The number of likely N-dealkylation sites (tertiary alicyclic amines) is 1. The summed E-state index contributed by atoms with van der Waals surface area (Å²) in [7, 11) is 0. The minimum atomic E-state index is 0.251. The van der Waals surface area contributed by atoms with Gasteiger partial charge in [0.25, 0.3) is 5.24 Å². The quantitative estimate of drug-likeness (QED) is 0.614. The molecule has 2 aliphatic rings. The van der Waals surface area contributed by atoms with Gasteiger partial charge in [-0.05, 0) is 75.9 Å². The Morgan fingerprint density at radius 2 is 2.04 bits per heavy atom. The number of carbonyl (C=O) groups excluding carboxylic acids is 1. The molecule has 2 saturated heterocycles. The number of carbonyl (C=O) groups is 1. The van der Waals surface area contributed by atoms with Crippen LogP contribution in [0.3, 0.4) is 0 Å². The fourth-order valence-corrected chi connectivity index (χ4v) is 5.56. The molecule has 6 heteroatoms. The zero-order valence-electron chi connectivity index (χ0n) is 14.9. The molecule has 1 aromatic rings. The Kier molecular flexibility index (Phi) is 6.75. The lowest BCUT2D eigenvalue weighted by atomic mass is 9.90. The molecule has 0 spiro atoms. The predicted molar refractivity (Wildman–Crippen MR) is 111 cm³/mol. The number of benzene rings is 1. The van der Waals surface area contributed by atoms with Gasteiger partial charge in [-0.3, -0.25) is 4.79 Å². The molecule has 0 aromatic heterocycles. The number of thioether (sulfide) groups is 1. The number of hydrogen-bond acceptors (Lipinski definition) is 3. The van der Waals surface area contributed by atoms with Crippen molar-refractivity contribution in [2.75, 3.05) is 26.2 Å². The highest BCUT2D eigenvalue weighted by Gasteiger charge is 2.33. The normalized spacial score (nSPS) is 23.0. The number of amides is 1. The van der Waals surface area contributed by atoms with Crippen molar-refractivity contribution in [3.05, 3.63) is 33.3 Å². The number of rotatable bonds is 5. The summed E-state index contributed by atoms with van der Waals surface area (Å²) in [5.41, 5.74) is 1.32. The lowest BCUT2D eigenvalue weighted by Gasteiger charge is -2.33. The van der Waals surface area contributed by atoms with Gasteiger partial charge in [-0.25, -0.2) is 0 Å². The van der Waals surface area contributed by atoms with Crippen molar-refractivity contribution in [2.45, 2.75) is 44.4 Å². The van der Waals surface area contributed by atoms with Crippen molar-refractivity contribution in [2.24, 2.45) is 5.92 Å². The zero-order chi connectivity index (χ0) is 18.0. The average molecular weight is 446 g/mol. The molecule has 1 amide bonds. The SMILES string of the molecule is CC(C)N1CC(CN2CCC(Cc3cc(Cl)ccc3Br)CC2)SC1=O. The summed E-state index contributed by atoms with van der Waals surface area (Å²) in [6.45, 7) is 8.40. The van der Waals surface area contributed by atoms with Crippen molar-refractivity contribution in [1.82, 2.24) is 9.80 Å². The van der Waals surface area contributed by atoms with E-state index >= 15 is 0 Å². The molecular formula is C19H26BrClN2OS. The number of nitrogens with zero attached hydrogens (tertiary/aromatic N) is 2. The molecule has 0 saturated carbocycles. The average Bonchev–Trinajstić information content (AvgIpc) is 2.93. The van der Waals surface area contributed by atoms with Crippen molar-refractivity contribution >= 4 is 44.5 Å². The largest absolute Gasteiger partial charge is 0.330 e. The van der Waals surface area contributed by atoms with Gasteiger partial charge in [-0.1, -0.05) is 39.3 Å². The molecule has 0 radical (unpaired) electrons. The van der Waals surface area contributed by atoms with E-state index in [0.717, 1.165) is 48.0 Å². The van der Waals surface area contributed by atoms with Gasteiger partial charge in [0.2, 0.25) is 0 Å². The fourth-order valence-electron chi connectivity index (χ4n) is 3.73. The van der Waals surface area contributed by atoms with Crippen LogP contribution >= 0.6 is 39.3 Å². The van der Waals surface area contributed by atoms with Gasteiger partial charge >= 0.3 is 0 Å². The Bertz CT molecular complexity index is 619. The molecule has 0 N–H and O–H groups in total. The monoisotopic (exact) mass is 444 g/mol. The second-order valence-corrected chi connectivity index (χ2v) is 9.98. The van der Waals surface area contributed by atoms with Crippen LogP contribution in [0.1, 0.15) is 32.3 Å². The third-order valence-electron chi connectivity index (χ3n) is 5.21. The van der Waals surface area contributed by atoms with Gasteiger partial charge in [-0.15, -0.1) is 0 Å². The first kappa shape index (κ1) is 19.5. The highest BCUT2D eigenvalue weighted by molar-refractivity contribution is 9.10. The van der Waals surface area contributed by atoms with Crippen LogP contribution in [-0.2, 0) is 6.42 Å². The lowest BCUT2D eigenvalue weighted by Crippen LogP contribution is -2.40. The van der Waals surface area contributed by atoms with E-state index in [4.69, 9.17) is 11.6 Å². The molecule has 25 heavy (non-hydrogen) atoms.